The summed E-state index contributed by atoms with van der Waals surface area (Å²) in [5, 5.41) is 0.736. The number of carbonyl (C=O) groups excluding carboxylic acids is 2. The van der Waals surface area contributed by atoms with Crippen molar-refractivity contribution in [1.82, 2.24) is 9.29 Å². The first-order valence-electron chi connectivity index (χ1n) is 10.3. The van der Waals surface area contributed by atoms with E-state index in [1.165, 1.54) is 0 Å². The van der Waals surface area contributed by atoms with Gasteiger partial charge >= 0.3 is 5.97 Å². The lowest BCUT2D eigenvalue weighted by Gasteiger charge is -2.19. The van der Waals surface area contributed by atoms with Gasteiger partial charge in [0.05, 0.1) is 5.56 Å². The zero-order chi connectivity index (χ0) is 23.5. The number of aromatic amines is 1. The molecule has 0 aliphatic carbocycles. The predicted molar refractivity (Wildman–Crippen MR) is 119 cm³/mol. The van der Waals surface area contributed by atoms with Crippen LogP contribution < -0.4 is 0 Å². The van der Waals surface area contributed by atoms with Gasteiger partial charge < -0.3 is 9.72 Å². The van der Waals surface area contributed by atoms with Gasteiger partial charge in [0.15, 0.2) is 6.61 Å². The van der Waals surface area contributed by atoms with E-state index in [2.05, 4.69) is 4.98 Å². The topological polar surface area (TPSA) is 96.5 Å². The average molecular weight is 461 g/mol. The molecule has 0 spiro atoms. The molecule has 3 aromatic rings. The summed E-state index contributed by atoms with van der Waals surface area (Å²) in [5.41, 5.74) is 2.16. The third-order valence-corrected chi connectivity index (χ3v) is 7.37. The van der Waals surface area contributed by atoms with E-state index in [-0.39, 0.29) is 18.7 Å². The summed E-state index contributed by atoms with van der Waals surface area (Å²) in [6, 6.07) is 8.60. The SMILES string of the molecule is CCc1cccc2c(C(=O)COC(=O)c3ccc(F)c(S(=O)(=O)N(CC)CC)c3)c[nH]c12. The molecule has 2 aromatic carbocycles. The Bertz CT molecular complexity index is 1260. The molecule has 0 atom stereocenters. The van der Waals surface area contributed by atoms with Crippen LogP contribution in [0.4, 0.5) is 4.39 Å². The molecular formula is C23H25FN2O5S. The van der Waals surface area contributed by atoms with E-state index < -0.39 is 39.1 Å². The van der Waals surface area contributed by atoms with E-state index in [1.807, 2.05) is 25.1 Å². The number of para-hydroxylation sites is 1. The molecule has 170 valence electrons. The number of ether oxygens (including phenoxy) is 1. The maximum Gasteiger partial charge on any atom is 0.338 e. The quantitative estimate of drug-likeness (QED) is 0.385. The summed E-state index contributed by atoms with van der Waals surface area (Å²) in [5.74, 6) is -2.28. The van der Waals surface area contributed by atoms with Crippen LogP contribution in [0, 0.1) is 5.82 Å². The van der Waals surface area contributed by atoms with Gasteiger partial charge in [0.2, 0.25) is 15.8 Å². The maximum atomic E-state index is 14.3. The van der Waals surface area contributed by atoms with Gasteiger partial charge in [-0.25, -0.2) is 17.6 Å². The normalized spacial score (nSPS) is 11.8. The molecule has 0 saturated carbocycles. The number of hydrogen-bond acceptors (Lipinski definition) is 5. The molecule has 0 aliphatic heterocycles. The number of benzene rings is 2. The number of esters is 1. The highest BCUT2D eigenvalue weighted by Crippen LogP contribution is 2.24. The number of carbonyl (C=O) groups is 2. The van der Waals surface area contributed by atoms with Crippen molar-refractivity contribution >= 4 is 32.7 Å². The number of sulfonamides is 1. The third kappa shape index (κ3) is 4.44. The van der Waals surface area contributed by atoms with Gasteiger partial charge in [-0.1, -0.05) is 39.0 Å². The van der Waals surface area contributed by atoms with Crippen molar-refractivity contribution in [3.8, 4) is 0 Å². The van der Waals surface area contributed by atoms with Gasteiger partial charge in [-0.2, -0.15) is 4.31 Å². The molecule has 0 aliphatic rings. The zero-order valence-electron chi connectivity index (χ0n) is 18.1. The van der Waals surface area contributed by atoms with Gasteiger partial charge in [0.25, 0.3) is 0 Å². The molecule has 0 radical (unpaired) electrons. The zero-order valence-corrected chi connectivity index (χ0v) is 19.0. The van der Waals surface area contributed by atoms with Gasteiger partial charge in [0.1, 0.15) is 10.7 Å². The van der Waals surface area contributed by atoms with Gasteiger partial charge in [-0.3, -0.25) is 4.79 Å². The Kier molecular flexibility index (Phi) is 7.10. The average Bonchev–Trinajstić information content (AvgIpc) is 3.22. The fourth-order valence-electron chi connectivity index (χ4n) is 3.57. The molecule has 1 N–H and O–H groups in total. The van der Waals surface area contributed by atoms with E-state index in [0.717, 1.165) is 45.4 Å². The lowest BCUT2D eigenvalue weighted by molar-refractivity contribution is 0.0475. The highest BCUT2D eigenvalue weighted by Gasteiger charge is 2.27. The Balaban J connectivity index is 1.79. The number of nitrogens with one attached hydrogen (secondary N) is 1. The van der Waals surface area contributed by atoms with E-state index in [1.54, 1.807) is 20.0 Å². The molecule has 9 heteroatoms. The monoisotopic (exact) mass is 460 g/mol. The number of rotatable bonds is 9. The van der Waals surface area contributed by atoms with Crippen LogP contribution in [0.1, 0.15) is 47.1 Å². The summed E-state index contributed by atoms with van der Waals surface area (Å²) in [6.45, 7) is 5.07. The first-order valence-corrected chi connectivity index (χ1v) is 11.8. The summed E-state index contributed by atoms with van der Waals surface area (Å²) < 4.78 is 45.8. The second kappa shape index (κ2) is 9.62. The third-order valence-electron chi connectivity index (χ3n) is 5.31. The first-order chi connectivity index (χ1) is 15.2. The Hall–Kier alpha value is -3.04. The molecular weight excluding hydrogens is 435 g/mol. The fraction of sp³-hybridized carbons (Fsp3) is 0.304. The van der Waals surface area contributed by atoms with Crippen molar-refractivity contribution < 1.29 is 27.1 Å². The fourth-order valence-corrected chi connectivity index (χ4v) is 5.11. The number of aryl methyl sites for hydroxylation is 1. The van der Waals surface area contributed by atoms with Crippen LogP contribution in [-0.4, -0.2) is 49.2 Å². The van der Waals surface area contributed by atoms with E-state index in [4.69, 9.17) is 4.74 Å². The van der Waals surface area contributed by atoms with Crippen molar-refractivity contribution in [3.63, 3.8) is 0 Å². The molecule has 0 unspecified atom stereocenters. The van der Waals surface area contributed by atoms with Crippen LogP contribution in [0.5, 0.6) is 0 Å². The summed E-state index contributed by atoms with van der Waals surface area (Å²) >= 11 is 0. The Morgan fingerprint density at radius 2 is 1.81 bits per heavy atom. The maximum absolute atomic E-state index is 14.3. The lowest BCUT2D eigenvalue weighted by Crippen LogP contribution is -2.31. The number of fused-ring (bicyclic) bond motifs is 1. The first kappa shape index (κ1) is 23.6. The van der Waals surface area contributed by atoms with Gasteiger partial charge in [-0.15, -0.1) is 0 Å². The molecule has 0 bridgehead atoms. The van der Waals surface area contributed by atoms with Gasteiger partial charge in [0, 0.05) is 35.8 Å². The Labute approximate surface area is 186 Å². The minimum atomic E-state index is -4.11. The minimum absolute atomic E-state index is 0.155. The second-order valence-electron chi connectivity index (χ2n) is 7.13. The molecule has 0 amide bonds. The van der Waals surface area contributed by atoms with Crippen LogP contribution in [0.15, 0.2) is 47.5 Å². The number of hydrogen-bond donors (Lipinski definition) is 1. The smallest absolute Gasteiger partial charge is 0.338 e. The standard InChI is InChI=1S/C23H25FN2O5S/c1-4-15-8-7-9-17-18(13-25-22(15)17)20(27)14-31-23(28)16-10-11-19(24)21(12-16)32(29,30)26(5-2)6-3/h7-13,25H,4-6,14H2,1-3H3. The van der Waals surface area contributed by atoms with Crippen LogP contribution in [-0.2, 0) is 21.2 Å². The minimum Gasteiger partial charge on any atom is -0.454 e. The number of ketones is 1. The Morgan fingerprint density at radius 3 is 2.47 bits per heavy atom. The largest absolute Gasteiger partial charge is 0.454 e. The van der Waals surface area contributed by atoms with Crippen LogP contribution >= 0.6 is 0 Å². The summed E-state index contributed by atoms with van der Waals surface area (Å²) in [4.78, 5) is 27.6. The van der Waals surface area contributed by atoms with Crippen LogP contribution in [0.3, 0.4) is 0 Å². The van der Waals surface area contributed by atoms with Crippen molar-refractivity contribution in [2.75, 3.05) is 19.7 Å². The summed E-state index contributed by atoms with van der Waals surface area (Å²) in [6.07, 6.45) is 2.37. The van der Waals surface area contributed by atoms with Crippen LogP contribution in [0.25, 0.3) is 10.9 Å². The van der Waals surface area contributed by atoms with E-state index in [9.17, 15) is 22.4 Å². The van der Waals surface area contributed by atoms with E-state index in [0.29, 0.717) is 5.56 Å². The molecule has 0 saturated heterocycles. The molecule has 0 fully saturated rings. The van der Waals surface area contributed by atoms with Crippen molar-refractivity contribution in [2.24, 2.45) is 0 Å². The number of halogens is 1. The highest BCUT2D eigenvalue weighted by atomic mass is 32.2. The molecule has 3 rings (SSSR count). The molecule has 1 aromatic heterocycles. The number of aromatic nitrogens is 1. The lowest BCUT2D eigenvalue weighted by atomic mass is 10.1. The van der Waals surface area contributed by atoms with Gasteiger partial charge in [-0.05, 0) is 30.2 Å². The number of Topliss-reactive ketones (excluding diaryl/α,β-unsaturated/α-hetero) is 1. The highest BCUT2D eigenvalue weighted by molar-refractivity contribution is 7.89. The van der Waals surface area contributed by atoms with Crippen molar-refractivity contribution in [2.45, 2.75) is 32.1 Å². The number of nitrogens with zero attached hydrogens (tertiary/aromatic N) is 1. The predicted octanol–water partition coefficient (Wildman–Crippen LogP) is 3.94. The molecule has 32 heavy (non-hydrogen) atoms. The van der Waals surface area contributed by atoms with E-state index >= 15 is 0 Å². The van der Waals surface area contributed by atoms with Crippen LogP contribution in [0.2, 0.25) is 0 Å². The van der Waals surface area contributed by atoms with Crippen molar-refractivity contribution in [1.29, 1.82) is 0 Å². The Morgan fingerprint density at radius 1 is 1.09 bits per heavy atom. The summed E-state index contributed by atoms with van der Waals surface area (Å²) in [7, 11) is -4.11. The molecule has 7 nitrogen and oxygen atoms in total. The number of H-pyrrole nitrogens is 1. The van der Waals surface area contributed by atoms with Crippen molar-refractivity contribution in [3.05, 3.63) is 65.1 Å². The second-order valence-corrected chi connectivity index (χ2v) is 9.04. The molecule has 1 heterocycles.